The molecule has 6 rings (SSSR count). The smallest absolute Gasteiger partial charge is 0.348 e. The van der Waals surface area contributed by atoms with Crippen molar-refractivity contribution < 1.29 is 43.5 Å². The van der Waals surface area contributed by atoms with Crippen LogP contribution >= 0.6 is 27.3 Å². The third kappa shape index (κ3) is 7.38. The molecule has 1 aromatic heterocycles. The fraction of sp³-hybridized carbons (Fsp3) is 0.641. The summed E-state index contributed by atoms with van der Waals surface area (Å²) in [6.45, 7) is 12.3. The van der Waals surface area contributed by atoms with E-state index in [1.54, 1.807) is 31.2 Å². The molecule has 0 saturated carbocycles. The number of hydrogen-bond donors (Lipinski definition) is 2. The summed E-state index contributed by atoms with van der Waals surface area (Å²) >= 11 is 4.75. The molecule has 50 heavy (non-hydrogen) atoms. The monoisotopic (exact) mass is 774 g/mol. The zero-order valence-electron chi connectivity index (χ0n) is 29.8. The van der Waals surface area contributed by atoms with Crippen LogP contribution in [0.1, 0.15) is 89.7 Å². The fourth-order valence-corrected chi connectivity index (χ4v) is 9.64. The third-order valence-electron chi connectivity index (χ3n) is 11.4. The van der Waals surface area contributed by atoms with Gasteiger partial charge in [-0.1, -0.05) is 64.5 Å². The summed E-state index contributed by atoms with van der Waals surface area (Å²) in [6, 6.07) is 1.75. The Labute approximate surface area is 307 Å². The maximum absolute atomic E-state index is 14.2. The summed E-state index contributed by atoms with van der Waals surface area (Å²) in [5, 5.41) is 25.2. The van der Waals surface area contributed by atoms with E-state index >= 15 is 0 Å². The maximum Gasteiger partial charge on any atom is 0.348 e. The molecule has 2 N–H and O–H groups in total. The molecule has 4 aliphatic heterocycles. The van der Waals surface area contributed by atoms with Crippen LogP contribution in [0.3, 0.4) is 0 Å². The van der Waals surface area contributed by atoms with Crippen LogP contribution in [0.5, 0.6) is 0 Å². The molecule has 9 nitrogen and oxygen atoms in total. The highest BCUT2D eigenvalue weighted by Gasteiger charge is 2.60. The van der Waals surface area contributed by atoms with E-state index in [4.69, 9.17) is 23.7 Å². The van der Waals surface area contributed by atoms with Crippen LogP contribution in [-0.4, -0.2) is 76.8 Å². The molecule has 0 radical (unpaired) electrons. The van der Waals surface area contributed by atoms with Crippen LogP contribution in [0.15, 0.2) is 63.0 Å². The number of halogens is 1. The molecular weight excluding hydrogens is 724 g/mol. The normalized spacial score (nSPS) is 42.6. The van der Waals surface area contributed by atoms with Crippen molar-refractivity contribution in [2.45, 2.75) is 128 Å². The lowest BCUT2D eigenvalue weighted by Gasteiger charge is -2.51. The van der Waals surface area contributed by atoms with E-state index in [-0.39, 0.29) is 24.7 Å². The number of ether oxygens (including phenoxy) is 5. The lowest BCUT2D eigenvalue weighted by molar-refractivity contribution is -0.340. The highest BCUT2D eigenvalue weighted by atomic mass is 79.9. The molecule has 1 aromatic rings. The summed E-state index contributed by atoms with van der Waals surface area (Å²) in [4.78, 5) is 28.0. The van der Waals surface area contributed by atoms with E-state index in [2.05, 4.69) is 42.8 Å². The number of allylic oxidation sites excluding steroid dienone is 2. The zero-order valence-corrected chi connectivity index (χ0v) is 32.2. The van der Waals surface area contributed by atoms with Crippen molar-refractivity contribution in [2.24, 2.45) is 23.7 Å². The van der Waals surface area contributed by atoms with E-state index in [1.165, 1.54) is 11.3 Å². The lowest BCUT2D eigenvalue weighted by Crippen LogP contribution is -2.58. The molecule has 5 aliphatic rings. The van der Waals surface area contributed by atoms with Crippen molar-refractivity contribution in [3.05, 3.63) is 67.9 Å². The first-order chi connectivity index (χ1) is 23.7. The summed E-state index contributed by atoms with van der Waals surface area (Å²) in [6.07, 6.45) is 9.48. The standard InChI is InChI=1S/C39H51BrO9S/c1-7-21(2)34-24(5)13-14-38(49-34)18-29-17-28(48-38)12-11-23(4)33(47-37(43)31-16-27(40)20-50-31)22(3)9-8-10-26-19-45-35-32(41)25(6)15-30(36(42)46-29)39(26,35)44/h8-11,15-16,20-22,24,28-30,32-35,41,44H,7,12-14,17-19H2,1-6H3/b9-8+,23-11+,26-10+/t21-,22-,24-,28+,29-,30-,32+,33-,34+,35+,38+,39+/m0/s1. The van der Waals surface area contributed by atoms with E-state index < -0.39 is 53.7 Å². The van der Waals surface area contributed by atoms with Crippen molar-refractivity contribution >= 4 is 39.2 Å². The van der Waals surface area contributed by atoms with Gasteiger partial charge in [-0.3, -0.25) is 4.79 Å². The average Bonchev–Trinajstić information content (AvgIpc) is 3.67. The first-order valence-electron chi connectivity index (χ1n) is 18.0. The minimum Gasteiger partial charge on any atom is -0.462 e. The first kappa shape index (κ1) is 37.6. The number of esters is 2. The van der Waals surface area contributed by atoms with E-state index in [0.29, 0.717) is 53.5 Å². The number of thiophene rings is 1. The Hall–Kier alpha value is -2.12. The van der Waals surface area contributed by atoms with Crippen LogP contribution in [0.4, 0.5) is 0 Å². The largest absolute Gasteiger partial charge is 0.462 e. The van der Waals surface area contributed by atoms with E-state index in [0.717, 1.165) is 22.9 Å². The van der Waals surface area contributed by atoms with Gasteiger partial charge in [0.05, 0.1) is 18.8 Å². The number of hydrogen-bond acceptors (Lipinski definition) is 10. The molecule has 274 valence electrons. The Morgan fingerprint density at radius 1 is 1.20 bits per heavy atom. The van der Waals surface area contributed by atoms with Gasteiger partial charge in [-0.15, -0.1) is 11.3 Å². The molecule has 3 fully saturated rings. The molecular formula is C39H51BrO9S. The van der Waals surface area contributed by atoms with Crippen LogP contribution in [0, 0.1) is 23.7 Å². The number of aliphatic hydroxyl groups is 2. The van der Waals surface area contributed by atoms with Gasteiger partial charge in [0, 0.05) is 35.0 Å². The van der Waals surface area contributed by atoms with Gasteiger partial charge in [-0.25, -0.2) is 4.79 Å². The van der Waals surface area contributed by atoms with Crippen LogP contribution in [-0.2, 0) is 28.5 Å². The maximum atomic E-state index is 14.2. The van der Waals surface area contributed by atoms with Gasteiger partial charge >= 0.3 is 11.9 Å². The van der Waals surface area contributed by atoms with Crippen molar-refractivity contribution in [3.63, 3.8) is 0 Å². The molecule has 0 amide bonds. The van der Waals surface area contributed by atoms with Gasteiger partial charge in [-0.2, -0.15) is 0 Å². The second-order valence-corrected chi connectivity index (χ2v) is 16.9. The molecule has 12 atom stereocenters. The Balaban J connectivity index is 1.39. The Morgan fingerprint density at radius 3 is 2.70 bits per heavy atom. The number of aliphatic hydroxyl groups excluding tert-OH is 1. The predicted octanol–water partition coefficient (Wildman–Crippen LogP) is 7.22. The van der Waals surface area contributed by atoms with Crippen LogP contribution < -0.4 is 0 Å². The number of carbonyl (C=O) groups excluding carboxylic acids is 2. The van der Waals surface area contributed by atoms with Crippen LogP contribution in [0.2, 0.25) is 0 Å². The second-order valence-electron chi connectivity index (χ2n) is 15.1. The lowest BCUT2D eigenvalue weighted by atomic mass is 9.71. The summed E-state index contributed by atoms with van der Waals surface area (Å²) in [5.41, 5.74) is 0.0775. The summed E-state index contributed by atoms with van der Waals surface area (Å²) in [7, 11) is 0. The highest BCUT2D eigenvalue weighted by molar-refractivity contribution is 9.10. The topological polar surface area (TPSA) is 121 Å². The van der Waals surface area contributed by atoms with Crippen molar-refractivity contribution in [2.75, 3.05) is 6.61 Å². The molecule has 0 unspecified atom stereocenters. The molecule has 1 aliphatic carbocycles. The minimum atomic E-state index is -1.81. The molecule has 5 heterocycles. The first-order valence-corrected chi connectivity index (χ1v) is 19.7. The molecule has 11 heteroatoms. The third-order valence-corrected chi connectivity index (χ3v) is 13.1. The van der Waals surface area contributed by atoms with E-state index in [1.807, 2.05) is 25.3 Å². The number of carbonyl (C=O) groups is 2. The van der Waals surface area contributed by atoms with Gasteiger partial charge in [-0.05, 0) is 77.2 Å². The van der Waals surface area contributed by atoms with Gasteiger partial charge in [0.1, 0.15) is 40.8 Å². The molecule has 1 spiro atoms. The average molecular weight is 776 g/mol. The predicted molar refractivity (Wildman–Crippen MR) is 193 cm³/mol. The molecule has 0 aromatic carbocycles. The minimum absolute atomic E-state index is 0.00271. The molecule has 2 bridgehead atoms. The van der Waals surface area contributed by atoms with Gasteiger partial charge < -0.3 is 33.9 Å². The quantitative estimate of drug-likeness (QED) is 0.241. The summed E-state index contributed by atoms with van der Waals surface area (Å²) in [5.74, 6) is -2.53. The fourth-order valence-electron chi connectivity index (χ4n) is 8.34. The Kier molecular flexibility index (Phi) is 11.4. The van der Waals surface area contributed by atoms with Gasteiger partial charge in [0.15, 0.2) is 5.79 Å². The Bertz CT molecular complexity index is 1560. The van der Waals surface area contributed by atoms with Crippen LogP contribution in [0.25, 0.3) is 0 Å². The summed E-state index contributed by atoms with van der Waals surface area (Å²) < 4.78 is 33.0. The highest BCUT2D eigenvalue weighted by Crippen LogP contribution is 2.48. The number of fused-ring (bicyclic) bond motifs is 2. The molecule has 3 saturated heterocycles. The Morgan fingerprint density at radius 2 is 1.98 bits per heavy atom. The van der Waals surface area contributed by atoms with Crippen molar-refractivity contribution in [3.8, 4) is 0 Å². The van der Waals surface area contributed by atoms with Gasteiger partial charge in [0.25, 0.3) is 0 Å². The zero-order chi connectivity index (χ0) is 36.0. The van der Waals surface area contributed by atoms with E-state index in [9.17, 15) is 19.8 Å². The van der Waals surface area contributed by atoms with Crippen molar-refractivity contribution in [1.29, 1.82) is 0 Å². The SMILES string of the molecule is CC[C@H](C)[C@H]1O[C@]2(CC[C@@H]1C)C[C@@H]1C[C@@H](C/C=C(\C)[C@@H](OC(=O)c3cc(Br)cs3)[C@@H](C)/C=C/C=C3\CO[C@@H]4[C@H](O)C(C)=C[C@@H](C(=O)O1)[C@]34O)O2. The second kappa shape index (κ2) is 15.1. The number of rotatable bonds is 4. The van der Waals surface area contributed by atoms with Gasteiger partial charge in [0.2, 0.25) is 0 Å². The van der Waals surface area contributed by atoms with Crippen molar-refractivity contribution in [1.82, 2.24) is 0 Å².